The minimum atomic E-state index is 0.621. The molecule has 1 aromatic carbocycles. The molecule has 7 heteroatoms. The molecule has 1 aliphatic heterocycles. The standard InChI is InChI=1S/C21H23N7/c1-27-14-17(12-25-27)19-13-24-21-20(23-9-10-28(19)21)26-18-4-2-3-16(11-18)15-5-7-22-8-6-15/h2-4,9-15,22H,5-8H2,1H3,(H,23,26). The monoisotopic (exact) mass is 373 g/mol. The van der Waals surface area contributed by atoms with Gasteiger partial charge in [0.25, 0.3) is 0 Å². The van der Waals surface area contributed by atoms with Crippen LogP contribution in [0.4, 0.5) is 11.5 Å². The van der Waals surface area contributed by atoms with E-state index in [0.29, 0.717) is 5.92 Å². The van der Waals surface area contributed by atoms with Gasteiger partial charge in [0.05, 0.1) is 18.1 Å². The molecule has 0 atom stereocenters. The topological polar surface area (TPSA) is 72.1 Å². The third-order valence-corrected chi connectivity index (χ3v) is 5.39. The number of rotatable bonds is 4. The van der Waals surface area contributed by atoms with E-state index in [-0.39, 0.29) is 0 Å². The van der Waals surface area contributed by atoms with Crippen molar-refractivity contribution in [1.29, 1.82) is 0 Å². The number of imidazole rings is 1. The molecule has 3 aromatic heterocycles. The van der Waals surface area contributed by atoms with Gasteiger partial charge in [-0.3, -0.25) is 9.08 Å². The molecule has 0 bridgehead atoms. The van der Waals surface area contributed by atoms with E-state index in [9.17, 15) is 0 Å². The minimum absolute atomic E-state index is 0.621. The first-order valence-corrected chi connectivity index (χ1v) is 9.67. The Morgan fingerprint density at radius 1 is 1.14 bits per heavy atom. The molecule has 0 aliphatic carbocycles. The lowest BCUT2D eigenvalue weighted by atomic mass is 9.90. The molecule has 142 valence electrons. The number of aryl methyl sites for hydroxylation is 1. The Morgan fingerprint density at radius 3 is 2.86 bits per heavy atom. The van der Waals surface area contributed by atoms with Gasteiger partial charge in [-0.05, 0) is 49.5 Å². The number of anilines is 2. The van der Waals surface area contributed by atoms with Gasteiger partial charge in [-0.15, -0.1) is 0 Å². The van der Waals surface area contributed by atoms with Crippen molar-refractivity contribution < 1.29 is 0 Å². The van der Waals surface area contributed by atoms with Gasteiger partial charge in [0.2, 0.25) is 0 Å². The smallest absolute Gasteiger partial charge is 0.180 e. The first-order chi connectivity index (χ1) is 13.8. The lowest BCUT2D eigenvalue weighted by Crippen LogP contribution is -2.26. The summed E-state index contributed by atoms with van der Waals surface area (Å²) >= 11 is 0. The van der Waals surface area contributed by atoms with Crippen LogP contribution in [0.3, 0.4) is 0 Å². The van der Waals surface area contributed by atoms with Crippen molar-refractivity contribution in [3.63, 3.8) is 0 Å². The average molecular weight is 373 g/mol. The van der Waals surface area contributed by atoms with E-state index in [1.54, 1.807) is 10.9 Å². The number of piperidine rings is 1. The lowest BCUT2D eigenvalue weighted by molar-refractivity contribution is 0.460. The lowest BCUT2D eigenvalue weighted by Gasteiger charge is -2.23. The molecule has 4 aromatic rings. The molecule has 0 saturated carbocycles. The van der Waals surface area contributed by atoms with Gasteiger partial charge in [0.1, 0.15) is 0 Å². The molecular formula is C21H23N7. The molecule has 4 heterocycles. The molecule has 2 N–H and O–H groups in total. The van der Waals surface area contributed by atoms with Crippen LogP contribution in [0.1, 0.15) is 24.3 Å². The summed E-state index contributed by atoms with van der Waals surface area (Å²) in [6.07, 6.45) is 11.8. The van der Waals surface area contributed by atoms with Gasteiger partial charge in [0, 0.05) is 36.9 Å². The molecule has 1 fully saturated rings. The zero-order valence-corrected chi connectivity index (χ0v) is 15.8. The maximum Gasteiger partial charge on any atom is 0.180 e. The summed E-state index contributed by atoms with van der Waals surface area (Å²) in [6.45, 7) is 2.18. The SMILES string of the molecule is Cn1cc(-c2cnc3c(Nc4cccc(C5CCNCC5)c4)nccn23)cn1. The highest BCUT2D eigenvalue weighted by atomic mass is 15.2. The largest absolute Gasteiger partial charge is 0.337 e. The Balaban J connectivity index is 1.46. The first-order valence-electron chi connectivity index (χ1n) is 9.67. The van der Waals surface area contributed by atoms with E-state index < -0.39 is 0 Å². The highest BCUT2D eigenvalue weighted by Crippen LogP contribution is 2.29. The fourth-order valence-electron chi connectivity index (χ4n) is 3.94. The quantitative estimate of drug-likeness (QED) is 0.574. The Hall–Kier alpha value is -3.19. The Kier molecular flexibility index (Phi) is 4.29. The highest BCUT2D eigenvalue weighted by Gasteiger charge is 2.16. The van der Waals surface area contributed by atoms with E-state index in [4.69, 9.17) is 0 Å². The number of hydrogen-bond donors (Lipinski definition) is 2. The summed E-state index contributed by atoms with van der Waals surface area (Å²) in [5.74, 6) is 1.37. The second-order valence-electron chi connectivity index (χ2n) is 7.29. The molecule has 1 saturated heterocycles. The van der Waals surface area contributed by atoms with Gasteiger partial charge in [-0.25, -0.2) is 9.97 Å². The van der Waals surface area contributed by atoms with E-state index in [0.717, 1.165) is 41.5 Å². The maximum atomic E-state index is 4.61. The molecular weight excluding hydrogens is 350 g/mol. The number of nitrogens with zero attached hydrogens (tertiary/aromatic N) is 5. The fraction of sp³-hybridized carbons (Fsp3) is 0.286. The summed E-state index contributed by atoms with van der Waals surface area (Å²) in [5.41, 5.74) is 5.26. The van der Waals surface area contributed by atoms with Crippen LogP contribution in [0.15, 0.2) is 55.2 Å². The van der Waals surface area contributed by atoms with Crippen LogP contribution in [0.2, 0.25) is 0 Å². The third-order valence-electron chi connectivity index (χ3n) is 5.39. The van der Waals surface area contributed by atoms with Gasteiger partial charge in [0.15, 0.2) is 11.5 Å². The van der Waals surface area contributed by atoms with E-state index in [2.05, 4.69) is 50.0 Å². The van der Waals surface area contributed by atoms with Gasteiger partial charge in [-0.2, -0.15) is 5.10 Å². The highest BCUT2D eigenvalue weighted by molar-refractivity contribution is 5.74. The Labute approximate surface area is 163 Å². The molecule has 0 radical (unpaired) electrons. The van der Waals surface area contributed by atoms with Crippen LogP contribution in [0.5, 0.6) is 0 Å². The predicted molar refractivity (Wildman–Crippen MR) is 110 cm³/mol. The van der Waals surface area contributed by atoms with Crippen LogP contribution in [-0.2, 0) is 7.05 Å². The number of fused-ring (bicyclic) bond motifs is 1. The normalized spacial score (nSPS) is 15.2. The van der Waals surface area contributed by atoms with Crippen LogP contribution in [0, 0.1) is 0 Å². The molecule has 5 rings (SSSR count). The van der Waals surface area contributed by atoms with Gasteiger partial charge in [-0.1, -0.05) is 12.1 Å². The Morgan fingerprint density at radius 2 is 2.04 bits per heavy atom. The predicted octanol–water partition coefficient (Wildman–Crippen LogP) is 3.34. The van der Waals surface area contributed by atoms with Crippen molar-refractivity contribution in [1.82, 2.24) is 29.5 Å². The summed E-state index contributed by atoms with van der Waals surface area (Å²) < 4.78 is 3.84. The van der Waals surface area contributed by atoms with Crippen molar-refractivity contribution in [2.24, 2.45) is 7.05 Å². The maximum absolute atomic E-state index is 4.61. The number of benzene rings is 1. The summed E-state index contributed by atoms with van der Waals surface area (Å²) in [6, 6.07) is 8.67. The van der Waals surface area contributed by atoms with Crippen LogP contribution in [0.25, 0.3) is 16.9 Å². The van der Waals surface area contributed by atoms with Crippen molar-refractivity contribution in [3.05, 3.63) is 60.8 Å². The van der Waals surface area contributed by atoms with Gasteiger partial charge >= 0.3 is 0 Å². The summed E-state index contributed by atoms with van der Waals surface area (Å²) in [4.78, 5) is 9.14. The second-order valence-corrected chi connectivity index (χ2v) is 7.29. The van der Waals surface area contributed by atoms with Crippen molar-refractivity contribution >= 4 is 17.2 Å². The fourth-order valence-corrected chi connectivity index (χ4v) is 3.94. The van der Waals surface area contributed by atoms with E-state index in [1.165, 1.54) is 18.4 Å². The first kappa shape index (κ1) is 16.9. The second kappa shape index (κ2) is 7.09. The summed E-state index contributed by atoms with van der Waals surface area (Å²) in [5, 5.41) is 11.2. The van der Waals surface area contributed by atoms with Gasteiger partial charge < -0.3 is 10.6 Å². The molecule has 0 spiro atoms. The van der Waals surface area contributed by atoms with Crippen LogP contribution in [-0.4, -0.2) is 37.2 Å². The van der Waals surface area contributed by atoms with Crippen molar-refractivity contribution in [3.8, 4) is 11.3 Å². The number of nitrogens with one attached hydrogen (secondary N) is 2. The zero-order valence-electron chi connectivity index (χ0n) is 15.8. The number of hydrogen-bond acceptors (Lipinski definition) is 5. The zero-order chi connectivity index (χ0) is 18.9. The van der Waals surface area contributed by atoms with E-state index >= 15 is 0 Å². The Bertz CT molecular complexity index is 1100. The van der Waals surface area contributed by atoms with Crippen molar-refractivity contribution in [2.45, 2.75) is 18.8 Å². The number of aromatic nitrogens is 5. The molecule has 1 aliphatic rings. The molecule has 0 amide bonds. The summed E-state index contributed by atoms with van der Waals surface area (Å²) in [7, 11) is 1.91. The third kappa shape index (κ3) is 3.14. The van der Waals surface area contributed by atoms with E-state index in [1.807, 2.05) is 36.2 Å². The van der Waals surface area contributed by atoms with Crippen molar-refractivity contribution in [2.75, 3.05) is 18.4 Å². The minimum Gasteiger partial charge on any atom is -0.337 e. The van der Waals surface area contributed by atoms with Crippen LogP contribution < -0.4 is 10.6 Å². The molecule has 0 unspecified atom stereocenters. The van der Waals surface area contributed by atoms with Crippen LogP contribution >= 0.6 is 0 Å². The molecule has 28 heavy (non-hydrogen) atoms. The average Bonchev–Trinajstić information content (AvgIpc) is 3.35. The molecule has 7 nitrogen and oxygen atoms in total.